The first-order valence-corrected chi connectivity index (χ1v) is 10.4. The number of allylic oxidation sites excluding steroid dienone is 2. The molecule has 0 aliphatic rings. The van der Waals surface area contributed by atoms with E-state index in [0.717, 1.165) is 9.75 Å². The fraction of sp³-hybridized carbons (Fsp3) is 0.318. The zero-order valence-electron chi connectivity index (χ0n) is 17.5. The molecule has 166 valence electrons. The fourth-order valence-corrected chi connectivity index (χ4v) is 3.81. The molecular weight excluding hydrogens is 422 g/mol. The highest BCUT2D eigenvalue weighted by atomic mass is 32.1. The Balaban J connectivity index is 2.14. The average Bonchev–Trinajstić information content (AvgIpc) is 3.13. The summed E-state index contributed by atoms with van der Waals surface area (Å²) < 4.78 is 10.4. The Bertz CT molecular complexity index is 1050. The molecule has 0 saturated heterocycles. The Hall–Kier alpha value is -3.17. The number of Topliss-reactive ketones (excluding diaryl/α,β-unsaturated/α-hetero) is 1. The van der Waals surface area contributed by atoms with Crippen LogP contribution in [0, 0.1) is 0 Å². The van der Waals surface area contributed by atoms with Gasteiger partial charge in [0.05, 0.1) is 6.61 Å². The fourth-order valence-electron chi connectivity index (χ4n) is 2.82. The normalized spacial score (nSPS) is 12.8. The molecule has 0 saturated carbocycles. The van der Waals surface area contributed by atoms with Gasteiger partial charge in [-0.1, -0.05) is 13.0 Å². The van der Waals surface area contributed by atoms with E-state index in [1.165, 1.54) is 23.6 Å². The van der Waals surface area contributed by atoms with Gasteiger partial charge in [0, 0.05) is 35.0 Å². The molecule has 0 bridgehead atoms. The Morgan fingerprint density at radius 1 is 1.35 bits per heavy atom. The van der Waals surface area contributed by atoms with Crippen LogP contribution in [0.3, 0.4) is 0 Å². The molecule has 3 N–H and O–H groups in total. The number of thiophene rings is 1. The lowest BCUT2D eigenvalue weighted by atomic mass is 10.00. The first kappa shape index (κ1) is 24.1. The maximum atomic E-state index is 12.7. The van der Waals surface area contributed by atoms with Crippen molar-refractivity contribution in [1.82, 2.24) is 5.32 Å². The number of nitrogens with one attached hydrogen (secondary N) is 1. The van der Waals surface area contributed by atoms with Crippen LogP contribution in [0.2, 0.25) is 0 Å². The molecule has 2 aromatic heterocycles. The zero-order chi connectivity index (χ0) is 23.0. The smallest absolute Gasteiger partial charge is 0.408 e. The molecule has 0 aromatic carbocycles. The number of carbonyl (C=O) groups is 2. The molecule has 1 amide bonds. The van der Waals surface area contributed by atoms with E-state index >= 15 is 0 Å². The van der Waals surface area contributed by atoms with Gasteiger partial charge in [-0.05, 0) is 43.5 Å². The number of carbonyl (C=O) groups excluding carboxylic acids is 1. The standard InChI is InChI=1S/C22H25NO7S/c1-13(6-4-5-9-23-22(27)28)18-11-17(24)19(21(26)30-18)20(25)14(2)10-15-7-8-16(31-15)12-29-3/h5,7-11,13,23-24H,4,6,12H2,1-3H3,(H,27,28). The van der Waals surface area contributed by atoms with Gasteiger partial charge in [-0.25, -0.2) is 9.59 Å². The molecule has 0 aliphatic heterocycles. The van der Waals surface area contributed by atoms with Crippen molar-refractivity contribution in [3.63, 3.8) is 0 Å². The first-order chi connectivity index (χ1) is 14.7. The first-order valence-electron chi connectivity index (χ1n) is 9.55. The minimum Gasteiger partial charge on any atom is -0.507 e. The van der Waals surface area contributed by atoms with Crippen LogP contribution in [0.25, 0.3) is 6.08 Å². The molecular formula is C22H25NO7S. The van der Waals surface area contributed by atoms with Gasteiger partial charge in [-0.15, -0.1) is 11.3 Å². The number of amides is 1. The molecule has 31 heavy (non-hydrogen) atoms. The second-order valence-corrected chi connectivity index (χ2v) is 8.12. The highest BCUT2D eigenvalue weighted by Gasteiger charge is 2.22. The van der Waals surface area contributed by atoms with E-state index in [9.17, 15) is 19.5 Å². The minimum atomic E-state index is -1.15. The topological polar surface area (TPSA) is 126 Å². The van der Waals surface area contributed by atoms with Gasteiger partial charge in [0.25, 0.3) is 0 Å². The third kappa shape index (κ3) is 6.94. The molecule has 1 unspecified atom stereocenters. The van der Waals surface area contributed by atoms with Crippen molar-refractivity contribution in [2.24, 2.45) is 0 Å². The number of hydrogen-bond donors (Lipinski definition) is 3. The van der Waals surface area contributed by atoms with Gasteiger partial charge in [0.2, 0.25) is 0 Å². The van der Waals surface area contributed by atoms with Crippen LogP contribution in [0.15, 0.2) is 45.3 Å². The average molecular weight is 448 g/mol. The van der Waals surface area contributed by atoms with Gasteiger partial charge in [0.1, 0.15) is 17.1 Å². The van der Waals surface area contributed by atoms with Crippen molar-refractivity contribution in [3.05, 3.63) is 67.5 Å². The maximum Gasteiger partial charge on any atom is 0.408 e. The van der Waals surface area contributed by atoms with Crippen LogP contribution in [0.4, 0.5) is 4.79 Å². The van der Waals surface area contributed by atoms with E-state index in [1.54, 1.807) is 33.1 Å². The monoisotopic (exact) mass is 447 g/mol. The SMILES string of the molecule is COCc1ccc(C=C(C)C(=O)c2c(O)cc(C(C)CCC=CNC(=O)O)oc2=O)s1. The van der Waals surface area contributed by atoms with Crippen molar-refractivity contribution in [3.8, 4) is 5.75 Å². The summed E-state index contributed by atoms with van der Waals surface area (Å²) in [5.74, 6) is -0.998. The summed E-state index contributed by atoms with van der Waals surface area (Å²) >= 11 is 1.47. The van der Waals surface area contributed by atoms with Gasteiger partial charge in [-0.3, -0.25) is 10.1 Å². The molecule has 9 heteroatoms. The third-order valence-electron chi connectivity index (χ3n) is 4.44. The third-order valence-corrected chi connectivity index (χ3v) is 5.45. The summed E-state index contributed by atoms with van der Waals surface area (Å²) in [6.45, 7) is 3.85. The predicted molar refractivity (Wildman–Crippen MR) is 118 cm³/mol. The molecule has 2 heterocycles. The zero-order valence-corrected chi connectivity index (χ0v) is 18.3. The molecule has 1 atom stereocenters. The van der Waals surface area contributed by atoms with Crippen LogP contribution in [0.1, 0.15) is 58.5 Å². The van der Waals surface area contributed by atoms with Crippen LogP contribution in [0.5, 0.6) is 5.75 Å². The Labute approximate surface area is 183 Å². The van der Waals surface area contributed by atoms with E-state index in [1.807, 2.05) is 12.1 Å². The summed E-state index contributed by atoms with van der Waals surface area (Å²) in [5, 5.41) is 20.9. The van der Waals surface area contributed by atoms with Crippen molar-refractivity contribution in [2.75, 3.05) is 7.11 Å². The summed E-state index contributed by atoms with van der Waals surface area (Å²) in [5.41, 5.74) is -0.997. The maximum absolute atomic E-state index is 12.7. The van der Waals surface area contributed by atoms with Gasteiger partial charge < -0.3 is 19.4 Å². The van der Waals surface area contributed by atoms with Crippen LogP contribution >= 0.6 is 11.3 Å². The number of ether oxygens (including phenoxy) is 1. The predicted octanol–water partition coefficient (Wildman–Crippen LogP) is 4.50. The molecule has 0 fully saturated rings. The van der Waals surface area contributed by atoms with Crippen molar-refractivity contribution < 1.29 is 29.0 Å². The molecule has 2 aromatic rings. The Morgan fingerprint density at radius 3 is 2.74 bits per heavy atom. The van der Waals surface area contributed by atoms with Gasteiger partial charge in [-0.2, -0.15) is 0 Å². The largest absolute Gasteiger partial charge is 0.507 e. The van der Waals surface area contributed by atoms with Gasteiger partial charge in [0.15, 0.2) is 5.78 Å². The summed E-state index contributed by atoms with van der Waals surface area (Å²) in [7, 11) is 1.60. The quantitative estimate of drug-likeness (QED) is 0.361. The van der Waals surface area contributed by atoms with Crippen LogP contribution < -0.4 is 10.9 Å². The molecule has 2 rings (SSSR count). The number of rotatable bonds is 10. The Morgan fingerprint density at radius 2 is 2.10 bits per heavy atom. The summed E-state index contributed by atoms with van der Waals surface area (Å²) in [4.78, 5) is 37.4. The lowest BCUT2D eigenvalue weighted by molar-refractivity contribution is 0.102. The Kier molecular flexibility index (Phi) is 8.77. The van der Waals surface area contributed by atoms with Crippen LogP contribution in [-0.4, -0.2) is 29.2 Å². The molecule has 0 spiro atoms. The number of hydrogen-bond acceptors (Lipinski definition) is 7. The minimum absolute atomic E-state index is 0.223. The highest BCUT2D eigenvalue weighted by molar-refractivity contribution is 7.12. The van der Waals surface area contributed by atoms with E-state index in [2.05, 4.69) is 5.32 Å². The molecule has 0 aliphatic carbocycles. The number of carboxylic acid groups (broad SMARTS) is 1. The van der Waals surface area contributed by atoms with Gasteiger partial charge >= 0.3 is 11.7 Å². The van der Waals surface area contributed by atoms with Crippen molar-refractivity contribution in [2.45, 2.75) is 39.2 Å². The lowest BCUT2D eigenvalue weighted by Gasteiger charge is -2.11. The number of methoxy groups -OCH3 is 1. The van der Waals surface area contributed by atoms with Crippen molar-refractivity contribution >= 4 is 29.3 Å². The second-order valence-electron chi connectivity index (χ2n) is 6.92. The molecule has 8 nitrogen and oxygen atoms in total. The van der Waals surface area contributed by atoms with E-state index in [-0.39, 0.29) is 11.7 Å². The van der Waals surface area contributed by atoms with E-state index in [4.69, 9.17) is 14.3 Å². The lowest BCUT2D eigenvalue weighted by Crippen LogP contribution is -2.16. The summed E-state index contributed by atoms with van der Waals surface area (Å²) in [6, 6.07) is 5.03. The number of aromatic hydroxyl groups is 1. The van der Waals surface area contributed by atoms with Crippen LogP contribution in [-0.2, 0) is 11.3 Å². The van der Waals surface area contributed by atoms with E-state index in [0.29, 0.717) is 25.0 Å². The second kappa shape index (κ2) is 11.3. The highest BCUT2D eigenvalue weighted by Crippen LogP contribution is 2.27. The summed E-state index contributed by atoms with van der Waals surface area (Å²) in [6.07, 6.45) is 4.52. The number of ketones is 1. The van der Waals surface area contributed by atoms with E-state index < -0.39 is 28.8 Å². The molecule has 0 radical (unpaired) electrons. The van der Waals surface area contributed by atoms with Crippen molar-refractivity contribution in [1.29, 1.82) is 0 Å².